The largest absolute Gasteiger partial charge is 0.303 e. The maximum Gasteiger partial charge on any atom is 0.123 e. The third-order valence-electron chi connectivity index (χ3n) is 3.08. The summed E-state index contributed by atoms with van der Waals surface area (Å²) in [7, 11) is 0. The van der Waals surface area contributed by atoms with Crippen molar-refractivity contribution in [2.24, 2.45) is 0 Å². The summed E-state index contributed by atoms with van der Waals surface area (Å²) < 4.78 is 12.7. The second-order valence-corrected chi connectivity index (χ2v) is 4.28. The highest BCUT2D eigenvalue weighted by molar-refractivity contribution is 5.16. The fourth-order valence-electron chi connectivity index (χ4n) is 2.12. The van der Waals surface area contributed by atoms with Crippen LogP contribution < -0.4 is 0 Å². The summed E-state index contributed by atoms with van der Waals surface area (Å²) in [6.45, 7) is 3.59. The molecule has 0 amide bonds. The van der Waals surface area contributed by atoms with Crippen molar-refractivity contribution in [1.82, 2.24) is 4.90 Å². The Morgan fingerprint density at radius 1 is 1.00 bits per heavy atom. The topological polar surface area (TPSA) is 3.24 Å². The van der Waals surface area contributed by atoms with Gasteiger partial charge in [0, 0.05) is 6.54 Å². The van der Waals surface area contributed by atoms with Crippen molar-refractivity contribution >= 4 is 0 Å². The molecular weight excluding hydrogens is 189 g/mol. The van der Waals surface area contributed by atoms with Gasteiger partial charge in [-0.25, -0.2) is 4.39 Å². The molecule has 0 atom stereocenters. The van der Waals surface area contributed by atoms with E-state index in [-0.39, 0.29) is 5.82 Å². The van der Waals surface area contributed by atoms with E-state index in [1.165, 1.54) is 37.9 Å². The zero-order valence-corrected chi connectivity index (χ0v) is 9.08. The van der Waals surface area contributed by atoms with Crippen molar-refractivity contribution in [3.8, 4) is 0 Å². The molecule has 0 aromatic heterocycles. The molecule has 1 saturated heterocycles. The predicted octanol–water partition coefficient (Wildman–Crippen LogP) is 2.85. The van der Waals surface area contributed by atoms with Crippen LogP contribution in [0.25, 0.3) is 0 Å². The smallest absolute Gasteiger partial charge is 0.123 e. The molecule has 1 aliphatic heterocycles. The van der Waals surface area contributed by atoms with Crippen molar-refractivity contribution in [2.75, 3.05) is 19.6 Å². The molecule has 2 rings (SSSR count). The molecule has 0 saturated carbocycles. The normalized spacial score (nSPS) is 17.9. The van der Waals surface area contributed by atoms with Gasteiger partial charge in [-0.05, 0) is 50.0 Å². The maximum absolute atomic E-state index is 12.7. The number of halogens is 1. The van der Waals surface area contributed by atoms with Crippen molar-refractivity contribution in [3.63, 3.8) is 0 Å². The number of nitrogens with zero attached hydrogens (tertiary/aromatic N) is 1. The van der Waals surface area contributed by atoms with E-state index in [1.54, 1.807) is 12.1 Å². The van der Waals surface area contributed by atoms with Gasteiger partial charge in [-0.1, -0.05) is 18.6 Å². The summed E-state index contributed by atoms with van der Waals surface area (Å²) in [4.78, 5) is 2.51. The van der Waals surface area contributed by atoms with Crippen LogP contribution in [-0.2, 0) is 6.42 Å². The monoisotopic (exact) mass is 207 g/mol. The zero-order valence-electron chi connectivity index (χ0n) is 9.08. The molecule has 0 bridgehead atoms. The van der Waals surface area contributed by atoms with Gasteiger partial charge in [0.1, 0.15) is 5.82 Å². The van der Waals surface area contributed by atoms with Gasteiger partial charge in [-0.15, -0.1) is 0 Å². The Labute approximate surface area is 90.9 Å². The molecule has 2 heteroatoms. The highest BCUT2D eigenvalue weighted by atomic mass is 19.1. The molecule has 1 nitrogen and oxygen atoms in total. The van der Waals surface area contributed by atoms with E-state index in [0.717, 1.165) is 13.0 Å². The molecule has 0 aliphatic carbocycles. The lowest BCUT2D eigenvalue weighted by atomic mass is 10.1. The molecule has 15 heavy (non-hydrogen) atoms. The Morgan fingerprint density at radius 2 is 1.67 bits per heavy atom. The Kier molecular flexibility index (Phi) is 3.73. The van der Waals surface area contributed by atoms with Crippen molar-refractivity contribution in [3.05, 3.63) is 35.6 Å². The first-order valence-corrected chi connectivity index (χ1v) is 5.81. The van der Waals surface area contributed by atoms with E-state index < -0.39 is 0 Å². The van der Waals surface area contributed by atoms with Crippen LogP contribution in [-0.4, -0.2) is 24.5 Å². The van der Waals surface area contributed by atoms with Gasteiger partial charge in [0.15, 0.2) is 0 Å². The van der Waals surface area contributed by atoms with E-state index >= 15 is 0 Å². The molecule has 1 heterocycles. The first-order valence-electron chi connectivity index (χ1n) is 5.81. The maximum atomic E-state index is 12.7. The molecular formula is C13H18FN. The average Bonchev–Trinajstić information content (AvgIpc) is 2.30. The average molecular weight is 207 g/mol. The van der Waals surface area contributed by atoms with E-state index in [4.69, 9.17) is 0 Å². The molecule has 0 N–H and O–H groups in total. The first kappa shape index (κ1) is 10.6. The molecule has 0 spiro atoms. The summed E-state index contributed by atoms with van der Waals surface area (Å²) in [6, 6.07) is 6.87. The third-order valence-corrected chi connectivity index (χ3v) is 3.08. The van der Waals surface area contributed by atoms with Crippen molar-refractivity contribution < 1.29 is 4.39 Å². The Hall–Kier alpha value is -0.890. The summed E-state index contributed by atoms with van der Waals surface area (Å²) in [6.07, 6.45) is 5.10. The van der Waals surface area contributed by atoms with E-state index in [9.17, 15) is 4.39 Å². The van der Waals surface area contributed by atoms with Gasteiger partial charge in [0.25, 0.3) is 0 Å². The number of piperidine rings is 1. The van der Waals surface area contributed by atoms with Crippen LogP contribution in [0, 0.1) is 5.82 Å². The zero-order chi connectivity index (χ0) is 10.5. The molecule has 1 aromatic carbocycles. The van der Waals surface area contributed by atoms with Crippen LogP contribution in [0.1, 0.15) is 24.8 Å². The molecule has 1 aromatic rings. The Balaban J connectivity index is 1.79. The fourth-order valence-corrected chi connectivity index (χ4v) is 2.12. The summed E-state index contributed by atoms with van der Waals surface area (Å²) in [5.74, 6) is -0.142. The van der Waals surface area contributed by atoms with E-state index in [1.807, 2.05) is 12.1 Å². The van der Waals surface area contributed by atoms with Crippen molar-refractivity contribution in [2.45, 2.75) is 25.7 Å². The minimum Gasteiger partial charge on any atom is -0.303 e. The highest BCUT2D eigenvalue weighted by Crippen LogP contribution is 2.10. The quantitative estimate of drug-likeness (QED) is 0.736. The number of hydrogen-bond acceptors (Lipinski definition) is 1. The lowest BCUT2D eigenvalue weighted by Crippen LogP contribution is -2.31. The summed E-state index contributed by atoms with van der Waals surface area (Å²) in [5.41, 5.74) is 1.24. The van der Waals surface area contributed by atoms with Crippen LogP contribution in [0.15, 0.2) is 24.3 Å². The van der Waals surface area contributed by atoms with Gasteiger partial charge in [0.2, 0.25) is 0 Å². The second-order valence-electron chi connectivity index (χ2n) is 4.28. The van der Waals surface area contributed by atoms with Gasteiger partial charge < -0.3 is 4.90 Å². The number of rotatable bonds is 3. The molecule has 1 fully saturated rings. The predicted molar refractivity (Wildman–Crippen MR) is 60.4 cm³/mol. The van der Waals surface area contributed by atoms with Crippen LogP contribution in [0.4, 0.5) is 4.39 Å². The highest BCUT2D eigenvalue weighted by Gasteiger charge is 2.09. The lowest BCUT2D eigenvalue weighted by Gasteiger charge is -2.26. The number of hydrogen-bond donors (Lipinski definition) is 0. The van der Waals surface area contributed by atoms with Crippen LogP contribution >= 0.6 is 0 Å². The van der Waals surface area contributed by atoms with E-state index in [0.29, 0.717) is 0 Å². The second kappa shape index (κ2) is 5.26. The SMILES string of the molecule is Fc1ccc(CCN2CCCCC2)cc1. The number of benzene rings is 1. The minimum atomic E-state index is -0.142. The van der Waals surface area contributed by atoms with Crippen LogP contribution in [0.2, 0.25) is 0 Å². The fraction of sp³-hybridized carbons (Fsp3) is 0.538. The molecule has 0 unspecified atom stereocenters. The molecule has 0 radical (unpaired) electrons. The third kappa shape index (κ3) is 3.31. The van der Waals surface area contributed by atoms with Gasteiger partial charge in [-0.2, -0.15) is 0 Å². The van der Waals surface area contributed by atoms with Gasteiger partial charge in [-0.3, -0.25) is 0 Å². The van der Waals surface area contributed by atoms with Crippen molar-refractivity contribution in [1.29, 1.82) is 0 Å². The van der Waals surface area contributed by atoms with Crippen LogP contribution in [0.3, 0.4) is 0 Å². The lowest BCUT2D eigenvalue weighted by molar-refractivity contribution is 0.231. The van der Waals surface area contributed by atoms with E-state index in [2.05, 4.69) is 4.90 Å². The standard InChI is InChI=1S/C13H18FN/c14-13-6-4-12(5-7-13)8-11-15-9-2-1-3-10-15/h4-7H,1-3,8-11H2. The molecule has 1 aliphatic rings. The molecule has 82 valence electrons. The first-order chi connectivity index (χ1) is 7.34. The Morgan fingerprint density at radius 3 is 2.33 bits per heavy atom. The van der Waals surface area contributed by atoms with Gasteiger partial charge in [0.05, 0.1) is 0 Å². The minimum absolute atomic E-state index is 0.142. The Bertz CT molecular complexity index is 288. The van der Waals surface area contributed by atoms with Crippen LogP contribution in [0.5, 0.6) is 0 Å². The summed E-state index contributed by atoms with van der Waals surface area (Å²) in [5, 5.41) is 0. The van der Waals surface area contributed by atoms with Gasteiger partial charge >= 0.3 is 0 Å². The summed E-state index contributed by atoms with van der Waals surface area (Å²) >= 11 is 0. The number of likely N-dealkylation sites (tertiary alicyclic amines) is 1.